The average Bonchev–Trinajstić information content (AvgIpc) is 2.40. The monoisotopic (exact) mass is 295 g/mol. The maximum atomic E-state index is 4.32. The molecule has 1 aromatic carbocycles. The van der Waals surface area contributed by atoms with Gasteiger partial charge in [0.1, 0.15) is 0 Å². The summed E-state index contributed by atoms with van der Waals surface area (Å²) in [6, 6.07) is 11.3. The van der Waals surface area contributed by atoms with Gasteiger partial charge in [-0.25, -0.2) is 0 Å². The number of hydrogen-bond acceptors (Lipinski definition) is 1. The number of pyridine rings is 1. The van der Waals surface area contributed by atoms with Crippen LogP contribution in [-0.2, 0) is 17.3 Å². The number of rotatable bonds is 3. The molecule has 2 aromatic rings. The van der Waals surface area contributed by atoms with E-state index in [2.05, 4.69) is 83.8 Å². The molecule has 0 aliphatic rings. The standard InChI is InChI=1S/C21H29N/c1-15-12-18(20(3,4)5)9-8-17(15)14-21(6,7)19-10-11-22-16(2)13-19/h8-13H,14H2,1-7H3. The van der Waals surface area contributed by atoms with Crippen LogP contribution >= 0.6 is 0 Å². The van der Waals surface area contributed by atoms with Gasteiger partial charge < -0.3 is 0 Å². The molecule has 0 radical (unpaired) electrons. The van der Waals surface area contributed by atoms with Crippen LogP contribution < -0.4 is 0 Å². The fourth-order valence-corrected chi connectivity index (χ4v) is 2.91. The van der Waals surface area contributed by atoms with E-state index in [1.165, 1.54) is 22.3 Å². The largest absolute Gasteiger partial charge is 0.262 e. The Morgan fingerprint density at radius 2 is 1.55 bits per heavy atom. The summed E-state index contributed by atoms with van der Waals surface area (Å²) in [5.41, 5.74) is 7.01. The van der Waals surface area contributed by atoms with Gasteiger partial charge in [0.15, 0.2) is 0 Å². The molecule has 0 bridgehead atoms. The highest BCUT2D eigenvalue weighted by molar-refractivity contribution is 5.37. The second-order valence-corrected chi connectivity index (χ2v) is 8.14. The van der Waals surface area contributed by atoms with Gasteiger partial charge in [0.2, 0.25) is 0 Å². The van der Waals surface area contributed by atoms with Crippen molar-refractivity contribution < 1.29 is 0 Å². The van der Waals surface area contributed by atoms with Crippen LogP contribution in [-0.4, -0.2) is 4.98 Å². The molecule has 0 saturated carbocycles. The molecular weight excluding hydrogens is 266 g/mol. The molecule has 0 amide bonds. The van der Waals surface area contributed by atoms with E-state index in [1.807, 2.05) is 6.20 Å². The van der Waals surface area contributed by atoms with Crippen molar-refractivity contribution in [2.45, 2.75) is 65.7 Å². The normalized spacial score (nSPS) is 12.5. The number of benzene rings is 1. The maximum Gasteiger partial charge on any atom is 0.0375 e. The number of hydrogen-bond donors (Lipinski definition) is 0. The van der Waals surface area contributed by atoms with Crippen LogP contribution in [0.5, 0.6) is 0 Å². The molecule has 1 nitrogen and oxygen atoms in total. The molecular formula is C21H29N. The predicted octanol–water partition coefficient (Wildman–Crippen LogP) is 5.52. The number of aromatic nitrogens is 1. The van der Waals surface area contributed by atoms with Crippen LogP contribution in [0.2, 0.25) is 0 Å². The average molecular weight is 295 g/mol. The van der Waals surface area contributed by atoms with Crippen LogP contribution in [0.15, 0.2) is 36.5 Å². The van der Waals surface area contributed by atoms with E-state index >= 15 is 0 Å². The molecule has 0 unspecified atom stereocenters. The Morgan fingerprint density at radius 3 is 2.09 bits per heavy atom. The van der Waals surface area contributed by atoms with E-state index in [0.717, 1.165) is 12.1 Å². The summed E-state index contributed by atoms with van der Waals surface area (Å²) in [6.07, 6.45) is 2.97. The molecule has 0 N–H and O–H groups in total. The van der Waals surface area contributed by atoms with Crippen molar-refractivity contribution in [2.75, 3.05) is 0 Å². The lowest BCUT2D eigenvalue weighted by atomic mass is 9.77. The third-order valence-corrected chi connectivity index (χ3v) is 4.52. The molecule has 1 aromatic heterocycles. The first kappa shape index (κ1) is 16.7. The Balaban J connectivity index is 2.30. The quantitative estimate of drug-likeness (QED) is 0.727. The van der Waals surface area contributed by atoms with Crippen molar-refractivity contribution in [1.82, 2.24) is 4.98 Å². The van der Waals surface area contributed by atoms with Crippen LogP contribution in [0, 0.1) is 13.8 Å². The van der Waals surface area contributed by atoms with E-state index in [4.69, 9.17) is 0 Å². The molecule has 0 saturated heterocycles. The summed E-state index contributed by atoms with van der Waals surface area (Å²) >= 11 is 0. The Kier molecular flexibility index (Phi) is 4.47. The van der Waals surface area contributed by atoms with E-state index in [-0.39, 0.29) is 10.8 Å². The van der Waals surface area contributed by atoms with Gasteiger partial charge in [-0.2, -0.15) is 0 Å². The minimum absolute atomic E-state index is 0.113. The third-order valence-electron chi connectivity index (χ3n) is 4.52. The molecule has 0 atom stereocenters. The first-order valence-electron chi connectivity index (χ1n) is 8.13. The van der Waals surface area contributed by atoms with Gasteiger partial charge in [-0.1, -0.05) is 52.8 Å². The van der Waals surface area contributed by atoms with Crippen molar-refractivity contribution in [1.29, 1.82) is 0 Å². The zero-order valence-electron chi connectivity index (χ0n) is 15.1. The molecule has 0 fully saturated rings. The topological polar surface area (TPSA) is 12.9 Å². The lowest BCUT2D eigenvalue weighted by Gasteiger charge is -2.27. The summed E-state index contributed by atoms with van der Waals surface area (Å²) < 4.78 is 0. The minimum Gasteiger partial charge on any atom is -0.262 e. The van der Waals surface area contributed by atoms with Gasteiger partial charge >= 0.3 is 0 Å². The summed E-state index contributed by atoms with van der Waals surface area (Å²) in [7, 11) is 0. The van der Waals surface area contributed by atoms with Crippen LogP contribution in [0.3, 0.4) is 0 Å². The van der Waals surface area contributed by atoms with Crippen molar-refractivity contribution in [3.63, 3.8) is 0 Å². The fourth-order valence-electron chi connectivity index (χ4n) is 2.91. The highest BCUT2D eigenvalue weighted by atomic mass is 14.6. The number of nitrogens with zero attached hydrogens (tertiary/aromatic N) is 1. The van der Waals surface area contributed by atoms with Crippen LogP contribution in [0.1, 0.15) is 62.6 Å². The van der Waals surface area contributed by atoms with Gasteiger partial charge in [-0.05, 0) is 65.5 Å². The van der Waals surface area contributed by atoms with Gasteiger partial charge in [-0.3, -0.25) is 4.98 Å². The summed E-state index contributed by atoms with van der Waals surface area (Å²) in [4.78, 5) is 4.32. The maximum absolute atomic E-state index is 4.32. The Morgan fingerprint density at radius 1 is 0.864 bits per heavy atom. The molecule has 2 rings (SSSR count). The van der Waals surface area contributed by atoms with Gasteiger partial charge in [0.25, 0.3) is 0 Å². The lowest BCUT2D eigenvalue weighted by Crippen LogP contribution is -2.21. The van der Waals surface area contributed by atoms with Crippen LogP contribution in [0.25, 0.3) is 0 Å². The highest BCUT2D eigenvalue weighted by Crippen LogP contribution is 2.31. The molecule has 0 spiro atoms. The zero-order chi connectivity index (χ0) is 16.5. The fraction of sp³-hybridized carbons (Fsp3) is 0.476. The van der Waals surface area contributed by atoms with Gasteiger partial charge in [0.05, 0.1) is 0 Å². The SMILES string of the molecule is Cc1cc(C(C)(C)Cc2ccc(C(C)(C)C)cc2C)ccn1. The summed E-state index contributed by atoms with van der Waals surface area (Å²) in [5.74, 6) is 0. The highest BCUT2D eigenvalue weighted by Gasteiger charge is 2.23. The van der Waals surface area contributed by atoms with E-state index in [0.29, 0.717) is 0 Å². The Labute approximate surface area is 135 Å². The van der Waals surface area contributed by atoms with Gasteiger partial charge in [-0.15, -0.1) is 0 Å². The van der Waals surface area contributed by atoms with E-state index in [1.54, 1.807) is 0 Å². The molecule has 1 heterocycles. The molecule has 1 heteroatoms. The predicted molar refractivity (Wildman–Crippen MR) is 95.6 cm³/mol. The first-order valence-corrected chi connectivity index (χ1v) is 8.13. The van der Waals surface area contributed by atoms with Crippen molar-refractivity contribution in [2.24, 2.45) is 0 Å². The van der Waals surface area contributed by atoms with Crippen molar-refractivity contribution in [3.05, 3.63) is 64.5 Å². The second kappa shape index (κ2) is 5.87. The molecule has 118 valence electrons. The Bertz CT molecular complexity index is 660. The lowest BCUT2D eigenvalue weighted by molar-refractivity contribution is 0.519. The van der Waals surface area contributed by atoms with Crippen LogP contribution in [0.4, 0.5) is 0 Å². The smallest absolute Gasteiger partial charge is 0.0375 e. The van der Waals surface area contributed by atoms with Gasteiger partial charge in [0, 0.05) is 11.9 Å². The van der Waals surface area contributed by atoms with E-state index in [9.17, 15) is 0 Å². The Hall–Kier alpha value is -1.63. The first-order chi connectivity index (χ1) is 10.1. The number of aryl methyl sites for hydroxylation is 2. The zero-order valence-corrected chi connectivity index (χ0v) is 15.1. The summed E-state index contributed by atoms with van der Waals surface area (Å²) in [5, 5.41) is 0. The molecule has 0 aliphatic heterocycles. The second-order valence-electron chi connectivity index (χ2n) is 8.14. The van der Waals surface area contributed by atoms with Crippen molar-refractivity contribution in [3.8, 4) is 0 Å². The van der Waals surface area contributed by atoms with Crippen molar-refractivity contribution >= 4 is 0 Å². The minimum atomic E-state index is 0.113. The van der Waals surface area contributed by atoms with E-state index < -0.39 is 0 Å². The molecule has 0 aliphatic carbocycles. The third kappa shape index (κ3) is 3.76. The molecule has 22 heavy (non-hydrogen) atoms. The summed E-state index contributed by atoms with van der Waals surface area (Å²) in [6.45, 7) is 15.7.